The second-order valence-corrected chi connectivity index (χ2v) is 9.59. The van der Waals surface area contributed by atoms with Gasteiger partial charge in [0, 0.05) is 21.3 Å². The molecular weight excluding hydrogens is 574 g/mol. The van der Waals surface area contributed by atoms with Gasteiger partial charge < -0.3 is 13.3 Å². The van der Waals surface area contributed by atoms with Gasteiger partial charge in [-0.15, -0.1) is 0 Å². The molecule has 0 heterocycles. The molecule has 0 bridgehead atoms. The molecule has 0 aromatic rings. The average Bonchev–Trinajstić information content (AvgIpc) is 2.67. The molecule has 0 saturated carbocycles. The minimum Gasteiger partial charge on any atom is -0.375 e. The summed E-state index contributed by atoms with van der Waals surface area (Å²) in [4.78, 5) is 0. The Morgan fingerprint density at radius 1 is 0.486 bits per heavy atom. The van der Waals surface area contributed by atoms with E-state index in [2.05, 4.69) is 13.3 Å². The van der Waals surface area contributed by atoms with Crippen LogP contribution in [0.2, 0.25) is 0 Å². The fourth-order valence-electron chi connectivity index (χ4n) is 2.31. The molecule has 0 aromatic heterocycles. The Bertz CT molecular complexity index is 723. The number of hydrogen-bond acceptors (Lipinski definition) is 3. The van der Waals surface area contributed by atoms with Crippen molar-refractivity contribution in [1.82, 2.24) is 0 Å². The van der Waals surface area contributed by atoms with Gasteiger partial charge in [0.1, 0.15) is 0 Å². The molecule has 0 spiro atoms. The highest BCUT2D eigenvalue weighted by atomic mass is 28.4. The highest BCUT2D eigenvalue weighted by Gasteiger charge is 2.95. The van der Waals surface area contributed by atoms with Crippen LogP contribution in [0.15, 0.2) is 0 Å². The number of rotatable bonds is 12. The first-order chi connectivity index (χ1) is 15.1. The molecule has 35 heavy (non-hydrogen) atoms. The van der Waals surface area contributed by atoms with Crippen molar-refractivity contribution < 1.29 is 92.3 Å². The predicted octanol–water partition coefficient (Wildman–Crippen LogP) is 6.14. The highest BCUT2D eigenvalue weighted by Crippen LogP contribution is 2.64. The minimum atomic E-state index is -8.75. The van der Waals surface area contributed by atoms with Crippen molar-refractivity contribution in [3.05, 3.63) is 0 Å². The Morgan fingerprint density at radius 2 is 0.743 bits per heavy atom. The van der Waals surface area contributed by atoms with E-state index in [0.29, 0.717) is 21.3 Å². The maximum absolute atomic E-state index is 14.1. The van der Waals surface area contributed by atoms with Crippen molar-refractivity contribution in [2.24, 2.45) is 0 Å². The largest absolute Gasteiger partial charge is 0.536 e. The molecule has 0 aliphatic rings. The maximum atomic E-state index is 14.1. The van der Waals surface area contributed by atoms with Gasteiger partial charge in [-0.1, -0.05) is 0 Å². The number of alkyl halides is 18. The first-order valence-electron chi connectivity index (χ1n) is 8.07. The zero-order valence-electron chi connectivity index (χ0n) is 16.8. The topological polar surface area (TPSA) is 27.7 Å². The average molecular weight is 586 g/mol. The van der Waals surface area contributed by atoms with Gasteiger partial charge in [0.15, 0.2) is 5.79 Å². The van der Waals surface area contributed by atoms with Crippen LogP contribution in [0.5, 0.6) is 0 Å². The van der Waals surface area contributed by atoms with E-state index in [4.69, 9.17) is 0 Å². The molecule has 0 radical (unpaired) electrons. The monoisotopic (exact) mass is 586 g/mol. The van der Waals surface area contributed by atoms with Crippen LogP contribution in [-0.2, 0) is 13.3 Å². The van der Waals surface area contributed by atoms with Gasteiger partial charge in [0.05, 0.1) is 6.42 Å². The molecule has 22 heteroatoms. The van der Waals surface area contributed by atoms with Gasteiger partial charge in [-0.05, 0) is 0 Å². The van der Waals surface area contributed by atoms with E-state index in [1.165, 1.54) is 0 Å². The summed E-state index contributed by atoms with van der Waals surface area (Å²) in [5.41, 5.74) is 0. The molecule has 0 aliphatic heterocycles. The molecule has 0 aliphatic carbocycles. The van der Waals surface area contributed by atoms with E-state index in [9.17, 15) is 79.0 Å². The SMILES string of the molecule is CO[Si](OC)(OC)C(F)CC(F)(F)C(F)(F)C(F)(F)C(F)(F)C(F)(F)C(F)(F)C(F)(F)C(F)(F)F. The van der Waals surface area contributed by atoms with Crippen LogP contribution in [0.1, 0.15) is 6.42 Å². The van der Waals surface area contributed by atoms with E-state index in [-0.39, 0.29) is 0 Å². The molecule has 0 saturated heterocycles. The molecular formula is C13H12F18O3Si. The van der Waals surface area contributed by atoms with Gasteiger partial charge >= 0.3 is 56.4 Å². The summed E-state index contributed by atoms with van der Waals surface area (Å²) in [5, 5.41) is 0. The molecule has 3 nitrogen and oxygen atoms in total. The summed E-state index contributed by atoms with van der Waals surface area (Å²) in [7, 11) is -3.82. The minimum absolute atomic E-state index is 0.439. The summed E-state index contributed by atoms with van der Waals surface area (Å²) in [6, 6.07) is 0. The summed E-state index contributed by atoms with van der Waals surface area (Å²) in [6.45, 7) is 0. The first-order valence-corrected chi connectivity index (χ1v) is 9.87. The lowest BCUT2D eigenvalue weighted by Gasteiger charge is -2.43. The zero-order valence-corrected chi connectivity index (χ0v) is 17.8. The molecule has 0 N–H and O–H groups in total. The molecule has 0 aromatic carbocycles. The molecule has 0 amide bonds. The molecule has 212 valence electrons. The molecule has 1 unspecified atom stereocenters. The van der Waals surface area contributed by atoms with Crippen LogP contribution in [0.3, 0.4) is 0 Å². The molecule has 0 rings (SSSR count). The smallest absolute Gasteiger partial charge is 0.375 e. The first kappa shape index (κ1) is 33.8. The summed E-state index contributed by atoms with van der Waals surface area (Å²) in [6.07, 6.45) is -11.2. The van der Waals surface area contributed by atoms with Crippen molar-refractivity contribution in [3.8, 4) is 0 Å². The second-order valence-electron chi connectivity index (χ2n) is 6.54. The van der Waals surface area contributed by atoms with Crippen molar-refractivity contribution in [1.29, 1.82) is 0 Å². The summed E-state index contributed by atoms with van der Waals surface area (Å²) >= 11 is 0. The zero-order chi connectivity index (χ0) is 28.9. The normalized spacial score (nSPS) is 17.1. The van der Waals surface area contributed by atoms with Gasteiger partial charge in [-0.2, -0.15) is 74.6 Å². The standard InChI is InChI=1S/C13H12F18O3Si/c1-32-35(33-2,34-3)5(14)4-6(15,16)7(17,18)8(19,20)9(21,22)10(23,24)11(25,26)12(27,28)13(29,30)31/h5H,4H2,1-3H3. The summed E-state index contributed by atoms with van der Waals surface area (Å²) in [5.74, 6) is -61.5. The Labute approximate surface area is 183 Å². The maximum Gasteiger partial charge on any atom is 0.536 e. The fourth-order valence-corrected chi connectivity index (χ4v) is 4.08. The van der Waals surface area contributed by atoms with Crippen LogP contribution in [0.25, 0.3) is 0 Å². The highest BCUT2D eigenvalue weighted by molar-refractivity contribution is 6.62. The fraction of sp³-hybridized carbons (Fsp3) is 1.00. The number of halogens is 18. The Hall–Kier alpha value is -1.16. The van der Waals surface area contributed by atoms with Gasteiger partial charge in [0.25, 0.3) is 0 Å². The third-order valence-electron chi connectivity index (χ3n) is 4.46. The lowest BCUT2D eigenvalue weighted by molar-refractivity contribution is -0.462. The van der Waals surface area contributed by atoms with Gasteiger partial charge in [0.2, 0.25) is 0 Å². The second kappa shape index (κ2) is 9.30. The van der Waals surface area contributed by atoms with Crippen LogP contribution in [0, 0.1) is 0 Å². The quantitative estimate of drug-likeness (QED) is 0.203. The molecule has 1 atom stereocenters. The lowest BCUT2D eigenvalue weighted by atomic mass is 9.88. The van der Waals surface area contributed by atoms with Crippen LogP contribution < -0.4 is 0 Å². The van der Waals surface area contributed by atoms with Crippen molar-refractivity contribution in [3.63, 3.8) is 0 Å². The van der Waals surface area contributed by atoms with Crippen molar-refractivity contribution >= 4 is 8.80 Å². The van der Waals surface area contributed by atoms with E-state index >= 15 is 0 Å². The Morgan fingerprint density at radius 3 is 1.00 bits per heavy atom. The van der Waals surface area contributed by atoms with Gasteiger partial charge in [-0.3, -0.25) is 0 Å². The van der Waals surface area contributed by atoms with E-state index in [1.807, 2.05) is 0 Å². The van der Waals surface area contributed by atoms with Crippen molar-refractivity contribution in [2.45, 2.75) is 59.8 Å². The molecule has 0 fully saturated rings. The van der Waals surface area contributed by atoms with Crippen molar-refractivity contribution in [2.75, 3.05) is 21.3 Å². The van der Waals surface area contributed by atoms with E-state index < -0.39 is 68.7 Å². The Balaban J connectivity index is 6.70. The van der Waals surface area contributed by atoms with E-state index in [0.717, 1.165) is 0 Å². The summed E-state index contributed by atoms with van der Waals surface area (Å²) < 4.78 is 250. The van der Waals surface area contributed by atoms with Crippen LogP contribution in [-0.4, -0.2) is 83.6 Å². The predicted molar refractivity (Wildman–Crippen MR) is 77.0 cm³/mol. The number of hydrogen-bond donors (Lipinski definition) is 0. The van der Waals surface area contributed by atoms with Gasteiger partial charge in [-0.25, -0.2) is 4.39 Å². The van der Waals surface area contributed by atoms with Crippen LogP contribution >= 0.6 is 0 Å². The lowest BCUT2D eigenvalue weighted by Crippen LogP contribution is -2.74. The van der Waals surface area contributed by atoms with E-state index in [1.54, 1.807) is 0 Å². The third kappa shape index (κ3) is 4.66. The third-order valence-corrected chi connectivity index (χ3v) is 7.14. The van der Waals surface area contributed by atoms with Crippen LogP contribution in [0.4, 0.5) is 79.0 Å². The Kier molecular flexibility index (Phi) is 8.99.